The normalized spacial score (nSPS) is 14.4. The van der Waals surface area contributed by atoms with E-state index in [-0.39, 0.29) is 11.6 Å². The number of hydrogen-bond donors (Lipinski definition) is 2. The lowest BCUT2D eigenvalue weighted by Gasteiger charge is -2.19. The zero-order chi connectivity index (χ0) is 15.6. The molecule has 0 saturated heterocycles. The van der Waals surface area contributed by atoms with E-state index in [1.807, 2.05) is 0 Å². The molecule has 1 aromatic carbocycles. The average molecular weight is 301 g/mol. The molecular formula is C12H13F6NO. The SMILES string of the molecule is CCNC(CO)c1cc(C(F)(F)F)cc(C(F)(F)F)c1. The number of rotatable bonds is 4. The molecule has 114 valence electrons. The van der Waals surface area contributed by atoms with Gasteiger partial charge >= 0.3 is 12.4 Å². The molecule has 0 radical (unpaired) electrons. The van der Waals surface area contributed by atoms with Gasteiger partial charge in [-0.2, -0.15) is 26.3 Å². The Morgan fingerprint density at radius 1 is 1.00 bits per heavy atom. The zero-order valence-corrected chi connectivity index (χ0v) is 10.4. The Hall–Kier alpha value is -1.28. The number of likely N-dealkylation sites (N-methyl/N-ethyl adjacent to an activating group) is 1. The van der Waals surface area contributed by atoms with Gasteiger partial charge in [-0.1, -0.05) is 6.92 Å². The highest BCUT2D eigenvalue weighted by atomic mass is 19.4. The summed E-state index contributed by atoms with van der Waals surface area (Å²) in [6, 6.07) is 0.296. The Morgan fingerprint density at radius 3 is 1.75 bits per heavy atom. The third kappa shape index (κ3) is 4.11. The fourth-order valence-corrected chi connectivity index (χ4v) is 1.71. The van der Waals surface area contributed by atoms with Crippen LogP contribution in [-0.4, -0.2) is 18.3 Å². The molecule has 1 aromatic rings. The number of halogens is 6. The first-order chi connectivity index (χ1) is 9.09. The van der Waals surface area contributed by atoms with Gasteiger partial charge in [0.1, 0.15) is 0 Å². The Labute approximate surface area is 111 Å². The second-order valence-corrected chi connectivity index (χ2v) is 4.13. The fraction of sp³-hybridized carbons (Fsp3) is 0.500. The summed E-state index contributed by atoms with van der Waals surface area (Å²) in [5.41, 5.74) is -3.03. The average Bonchev–Trinajstić information content (AvgIpc) is 2.33. The van der Waals surface area contributed by atoms with Crippen molar-refractivity contribution in [3.05, 3.63) is 34.9 Å². The van der Waals surface area contributed by atoms with Crippen LogP contribution in [-0.2, 0) is 12.4 Å². The van der Waals surface area contributed by atoms with Crippen LogP contribution in [0.1, 0.15) is 29.7 Å². The van der Waals surface area contributed by atoms with Crippen LogP contribution in [0.25, 0.3) is 0 Å². The lowest BCUT2D eigenvalue weighted by molar-refractivity contribution is -0.143. The van der Waals surface area contributed by atoms with Gasteiger partial charge in [0.15, 0.2) is 0 Å². The molecule has 0 heterocycles. The summed E-state index contributed by atoms with van der Waals surface area (Å²) < 4.78 is 75.8. The van der Waals surface area contributed by atoms with Gasteiger partial charge in [-0.05, 0) is 30.3 Å². The van der Waals surface area contributed by atoms with Crippen molar-refractivity contribution in [3.63, 3.8) is 0 Å². The predicted octanol–water partition coefficient (Wildman–Crippen LogP) is 3.37. The first-order valence-electron chi connectivity index (χ1n) is 5.73. The summed E-state index contributed by atoms with van der Waals surface area (Å²) in [4.78, 5) is 0. The standard InChI is InChI=1S/C12H13F6NO/c1-2-19-10(6-20)7-3-8(11(13,14)15)5-9(4-7)12(16,17)18/h3-5,10,19-20H,2,6H2,1H3. The van der Waals surface area contributed by atoms with Crippen LogP contribution >= 0.6 is 0 Å². The molecule has 0 spiro atoms. The molecule has 0 bridgehead atoms. The summed E-state index contributed by atoms with van der Waals surface area (Å²) >= 11 is 0. The summed E-state index contributed by atoms with van der Waals surface area (Å²) in [5.74, 6) is 0. The Balaban J connectivity index is 3.37. The van der Waals surface area contributed by atoms with E-state index in [0.717, 1.165) is 0 Å². The molecule has 8 heteroatoms. The largest absolute Gasteiger partial charge is 0.416 e. The number of aliphatic hydroxyl groups excluding tert-OH is 1. The van der Waals surface area contributed by atoms with E-state index in [9.17, 15) is 26.3 Å². The molecule has 20 heavy (non-hydrogen) atoms. The summed E-state index contributed by atoms with van der Waals surface area (Å²) in [6.45, 7) is 1.32. The van der Waals surface area contributed by atoms with Gasteiger partial charge in [0.25, 0.3) is 0 Å². The minimum atomic E-state index is -4.89. The fourth-order valence-electron chi connectivity index (χ4n) is 1.71. The third-order valence-electron chi connectivity index (χ3n) is 2.65. The smallest absolute Gasteiger partial charge is 0.394 e. The van der Waals surface area contributed by atoms with Gasteiger partial charge in [0.05, 0.1) is 23.8 Å². The molecule has 0 aliphatic carbocycles. The Bertz CT molecular complexity index is 422. The quantitative estimate of drug-likeness (QED) is 0.836. The van der Waals surface area contributed by atoms with E-state index in [1.165, 1.54) is 0 Å². The maximum absolute atomic E-state index is 12.6. The van der Waals surface area contributed by atoms with Gasteiger partial charge in [-0.25, -0.2) is 0 Å². The molecule has 0 saturated carbocycles. The lowest BCUT2D eigenvalue weighted by atomic mass is 10.00. The second-order valence-electron chi connectivity index (χ2n) is 4.13. The number of benzene rings is 1. The van der Waals surface area contributed by atoms with E-state index >= 15 is 0 Å². The maximum atomic E-state index is 12.6. The van der Waals surface area contributed by atoms with Crippen LogP contribution in [0.2, 0.25) is 0 Å². The number of alkyl halides is 6. The van der Waals surface area contributed by atoms with E-state index < -0.39 is 36.1 Å². The van der Waals surface area contributed by atoms with Crippen molar-refractivity contribution in [1.29, 1.82) is 0 Å². The summed E-state index contributed by atoms with van der Waals surface area (Å²) in [7, 11) is 0. The first-order valence-corrected chi connectivity index (χ1v) is 5.73. The molecule has 2 nitrogen and oxygen atoms in total. The van der Waals surface area contributed by atoms with Gasteiger partial charge < -0.3 is 10.4 Å². The van der Waals surface area contributed by atoms with Crippen molar-refractivity contribution < 1.29 is 31.4 Å². The minimum absolute atomic E-state index is 0.0594. The van der Waals surface area contributed by atoms with Gasteiger partial charge in [-0.3, -0.25) is 0 Å². The molecule has 0 fully saturated rings. The topological polar surface area (TPSA) is 32.3 Å². The predicted molar refractivity (Wildman–Crippen MR) is 59.9 cm³/mol. The maximum Gasteiger partial charge on any atom is 0.416 e. The molecular weight excluding hydrogens is 288 g/mol. The number of nitrogens with one attached hydrogen (secondary N) is 1. The summed E-state index contributed by atoms with van der Waals surface area (Å²) in [5, 5.41) is 11.7. The van der Waals surface area contributed by atoms with Crippen LogP contribution in [0.5, 0.6) is 0 Å². The molecule has 1 rings (SSSR count). The van der Waals surface area contributed by atoms with Crippen molar-refractivity contribution in [2.45, 2.75) is 25.3 Å². The molecule has 0 aliphatic heterocycles. The van der Waals surface area contributed by atoms with Crippen molar-refractivity contribution >= 4 is 0 Å². The molecule has 2 N–H and O–H groups in total. The van der Waals surface area contributed by atoms with Crippen LogP contribution in [0, 0.1) is 0 Å². The van der Waals surface area contributed by atoms with Crippen LogP contribution < -0.4 is 5.32 Å². The number of hydrogen-bond acceptors (Lipinski definition) is 2. The summed E-state index contributed by atoms with van der Waals surface area (Å²) in [6.07, 6.45) is -9.77. The monoisotopic (exact) mass is 301 g/mol. The highest BCUT2D eigenvalue weighted by Gasteiger charge is 2.37. The molecule has 1 unspecified atom stereocenters. The van der Waals surface area contributed by atoms with Crippen molar-refractivity contribution in [2.24, 2.45) is 0 Å². The van der Waals surface area contributed by atoms with Crippen LogP contribution in [0.15, 0.2) is 18.2 Å². The van der Waals surface area contributed by atoms with E-state index in [0.29, 0.717) is 18.7 Å². The van der Waals surface area contributed by atoms with E-state index in [1.54, 1.807) is 6.92 Å². The Kier molecular flexibility index (Phi) is 5.04. The van der Waals surface area contributed by atoms with Gasteiger partial charge in [0, 0.05) is 0 Å². The van der Waals surface area contributed by atoms with Crippen molar-refractivity contribution in [1.82, 2.24) is 5.32 Å². The van der Waals surface area contributed by atoms with Gasteiger partial charge in [-0.15, -0.1) is 0 Å². The Morgan fingerprint density at radius 2 is 1.45 bits per heavy atom. The molecule has 0 aliphatic rings. The number of aliphatic hydroxyl groups is 1. The van der Waals surface area contributed by atoms with E-state index in [4.69, 9.17) is 5.11 Å². The first kappa shape index (κ1) is 16.8. The molecule has 0 amide bonds. The molecule has 0 aromatic heterocycles. The lowest BCUT2D eigenvalue weighted by Crippen LogP contribution is -2.25. The minimum Gasteiger partial charge on any atom is -0.394 e. The van der Waals surface area contributed by atoms with Crippen LogP contribution in [0.4, 0.5) is 26.3 Å². The van der Waals surface area contributed by atoms with Crippen molar-refractivity contribution in [3.8, 4) is 0 Å². The second kappa shape index (κ2) is 6.01. The molecule has 1 atom stereocenters. The van der Waals surface area contributed by atoms with Crippen LogP contribution in [0.3, 0.4) is 0 Å². The van der Waals surface area contributed by atoms with E-state index in [2.05, 4.69) is 5.32 Å². The highest BCUT2D eigenvalue weighted by Crippen LogP contribution is 2.37. The highest BCUT2D eigenvalue weighted by molar-refractivity contribution is 5.35. The van der Waals surface area contributed by atoms with Crippen molar-refractivity contribution in [2.75, 3.05) is 13.2 Å². The third-order valence-corrected chi connectivity index (χ3v) is 2.65. The van der Waals surface area contributed by atoms with Gasteiger partial charge in [0.2, 0.25) is 0 Å². The zero-order valence-electron chi connectivity index (χ0n) is 10.4.